The molecule has 4 N–H and O–H groups in total. The Labute approximate surface area is 234 Å². The highest BCUT2D eigenvalue weighted by Crippen LogP contribution is 2.20. The zero-order valence-corrected chi connectivity index (χ0v) is 23.2. The second kappa shape index (κ2) is 15.5. The number of rotatable bonds is 15. The van der Waals surface area contributed by atoms with Gasteiger partial charge in [-0.2, -0.15) is 0 Å². The number of hydrogen-bond donors (Lipinski definition) is 4. The quantitative estimate of drug-likeness (QED) is 0.143. The molecule has 3 rings (SSSR count). The zero-order valence-electron chi connectivity index (χ0n) is 22.4. The van der Waals surface area contributed by atoms with Gasteiger partial charge in [0, 0.05) is 25.7 Å². The Hall–Kier alpha value is -3.07. The maximum Gasteiger partial charge on any atom is 0.253 e. The molecule has 1 amide bonds. The van der Waals surface area contributed by atoms with Crippen molar-refractivity contribution in [3.8, 4) is 0 Å². The molecule has 1 aromatic heterocycles. The number of benzene rings is 2. The van der Waals surface area contributed by atoms with Crippen LogP contribution in [0, 0.1) is 11.6 Å². The van der Waals surface area contributed by atoms with Crippen LogP contribution in [0.15, 0.2) is 54.7 Å². The number of unbranched alkanes of at least 4 members (excludes halogenated alkanes) is 2. The fourth-order valence-electron chi connectivity index (χ4n) is 4.33. The molecule has 0 radical (unpaired) electrons. The Balaban J connectivity index is 1.76. The predicted octanol–water partition coefficient (Wildman–Crippen LogP) is 5.67. The van der Waals surface area contributed by atoms with Gasteiger partial charge >= 0.3 is 0 Å². The summed E-state index contributed by atoms with van der Waals surface area (Å²) < 4.78 is 27.8. The number of aromatic nitrogens is 1. The summed E-state index contributed by atoms with van der Waals surface area (Å²) in [6.45, 7) is 5.52. The molecule has 0 aliphatic rings. The van der Waals surface area contributed by atoms with E-state index in [1.54, 1.807) is 0 Å². The van der Waals surface area contributed by atoms with E-state index in [2.05, 4.69) is 46.9 Å². The Kier molecular flexibility index (Phi) is 12.1. The van der Waals surface area contributed by atoms with Crippen LogP contribution < -0.4 is 16.0 Å². The number of carbonyl (C=O) groups excluding carboxylic acids is 1. The summed E-state index contributed by atoms with van der Waals surface area (Å²) in [4.78, 5) is 17.5. The molecule has 0 aliphatic carbocycles. The molecule has 0 unspecified atom stereocenters. The maximum absolute atomic E-state index is 13.9. The first-order valence-electron chi connectivity index (χ1n) is 13.4. The Morgan fingerprint density at radius 3 is 2.49 bits per heavy atom. The standard InChI is InChI=1S/C30H37ClF2N4O2/c1-3-5-6-10-35-27-18-36-29(31)16-25(27)30(39)37-26(14-22-12-23(32)15-24(33)13-22)28(38)19-34-17-21-9-7-8-20(4-2)11-21/h7-9,11-13,15-16,18,26,28,34-35,38H,3-6,10,14,17,19H2,1-2H3,(H,37,39)/t26-,28+/m0/s1. The summed E-state index contributed by atoms with van der Waals surface area (Å²) in [6, 6.07) is 11.9. The van der Waals surface area contributed by atoms with Crippen LogP contribution in [0.3, 0.4) is 0 Å². The van der Waals surface area contributed by atoms with Crippen LogP contribution in [0.5, 0.6) is 0 Å². The minimum Gasteiger partial charge on any atom is -0.390 e. The van der Waals surface area contributed by atoms with Gasteiger partial charge in [0.2, 0.25) is 0 Å². The third-order valence-corrected chi connectivity index (χ3v) is 6.66. The lowest BCUT2D eigenvalue weighted by atomic mass is 10.00. The summed E-state index contributed by atoms with van der Waals surface area (Å²) in [6.07, 6.45) is 4.43. The zero-order chi connectivity index (χ0) is 28.2. The first kappa shape index (κ1) is 30.5. The maximum atomic E-state index is 13.9. The van der Waals surface area contributed by atoms with Crippen molar-refractivity contribution in [3.05, 3.63) is 93.8 Å². The number of aryl methyl sites for hydroxylation is 1. The Bertz CT molecular complexity index is 1210. The van der Waals surface area contributed by atoms with Crippen LogP contribution in [0.4, 0.5) is 14.5 Å². The molecule has 1 heterocycles. The average Bonchev–Trinajstić information content (AvgIpc) is 2.90. The first-order valence-corrected chi connectivity index (χ1v) is 13.8. The van der Waals surface area contributed by atoms with Gasteiger partial charge in [-0.25, -0.2) is 13.8 Å². The topological polar surface area (TPSA) is 86.3 Å². The van der Waals surface area contributed by atoms with Gasteiger partial charge in [-0.15, -0.1) is 0 Å². The van der Waals surface area contributed by atoms with Gasteiger partial charge in [-0.3, -0.25) is 4.79 Å². The number of hydrogen-bond acceptors (Lipinski definition) is 5. The van der Waals surface area contributed by atoms with E-state index in [0.717, 1.165) is 37.3 Å². The molecule has 0 bridgehead atoms. The largest absolute Gasteiger partial charge is 0.390 e. The van der Waals surface area contributed by atoms with Gasteiger partial charge in [0.1, 0.15) is 16.8 Å². The van der Waals surface area contributed by atoms with Crippen molar-refractivity contribution in [2.45, 2.75) is 64.6 Å². The second-order valence-corrected chi connectivity index (χ2v) is 10.0. The number of nitrogens with one attached hydrogen (secondary N) is 3. The molecule has 3 aromatic rings. The van der Waals surface area contributed by atoms with E-state index in [0.29, 0.717) is 24.3 Å². The predicted molar refractivity (Wildman–Crippen MR) is 152 cm³/mol. The third-order valence-electron chi connectivity index (χ3n) is 6.45. The van der Waals surface area contributed by atoms with Gasteiger partial charge in [-0.05, 0) is 54.2 Å². The van der Waals surface area contributed by atoms with Crippen LogP contribution >= 0.6 is 11.6 Å². The van der Waals surface area contributed by atoms with Gasteiger partial charge in [-0.1, -0.05) is 62.6 Å². The molecule has 2 aromatic carbocycles. The van der Waals surface area contributed by atoms with E-state index < -0.39 is 29.7 Å². The monoisotopic (exact) mass is 558 g/mol. The second-order valence-electron chi connectivity index (χ2n) is 9.62. The third kappa shape index (κ3) is 9.88. The van der Waals surface area contributed by atoms with E-state index in [1.165, 1.54) is 30.0 Å². The van der Waals surface area contributed by atoms with Crippen molar-refractivity contribution in [1.82, 2.24) is 15.6 Å². The van der Waals surface area contributed by atoms with E-state index in [9.17, 15) is 18.7 Å². The van der Waals surface area contributed by atoms with Crippen molar-refractivity contribution in [1.29, 1.82) is 0 Å². The van der Waals surface area contributed by atoms with Crippen molar-refractivity contribution < 1.29 is 18.7 Å². The summed E-state index contributed by atoms with van der Waals surface area (Å²) in [5.41, 5.74) is 3.39. The van der Waals surface area contributed by atoms with E-state index in [4.69, 9.17) is 11.6 Å². The highest BCUT2D eigenvalue weighted by atomic mass is 35.5. The average molecular weight is 559 g/mol. The molecule has 0 fully saturated rings. The fraction of sp³-hybridized carbons (Fsp3) is 0.400. The molecule has 39 heavy (non-hydrogen) atoms. The number of aliphatic hydroxyl groups excluding tert-OH is 1. The summed E-state index contributed by atoms with van der Waals surface area (Å²) in [7, 11) is 0. The number of carbonyl (C=O) groups is 1. The smallest absolute Gasteiger partial charge is 0.253 e. The summed E-state index contributed by atoms with van der Waals surface area (Å²) in [5.74, 6) is -1.93. The van der Waals surface area contributed by atoms with Gasteiger partial charge in [0.05, 0.1) is 29.6 Å². The molecule has 0 aliphatic heterocycles. The Morgan fingerprint density at radius 2 is 1.77 bits per heavy atom. The molecular weight excluding hydrogens is 522 g/mol. The number of amides is 1. The number of anilines is 1. The van der Waals surface area contributed by atoms with Gasteiger partial charge < -0.3 is 21.1 Å². The lowest BCUT2D eigenvalue weighted by molar-refractivity contribution is 0.0830. The number of pyridine rings is 1. The van der Waals surface area contributed by atoms with Crippen molar-refractivity contribution >= 4 is 23.2 Å². The van der Waals surface area contributed by atoms with E-state index >= 15 is 0 Å². The number of aliphatic hydroxyl groups is 1. The van der Waals surface area contributed by atoms with Crippen LogP contribution in [0.1, 0.15) is 60.2 Å². The normalized spacial score (nSPS) is 12.7. The summed E-state index contributed by atoms with van der Waals surface area (Å²) in [5, 5.41) is 20.5. The summed E-state index contributed by atoms with van der Waals surface area (Å²) >= 11 is 6.10. The number of halogens is 3. The molecule has 0 spiro atoms. The van der Waals surface area contributed by atoms with Crippen molar-refractivity contribution in [2.75, 3.05) is 18.4 Å². The highest BCUT2D eigenvalue weighted by molar-refractivity contribution is 6.29. The molecule has 9 heteroatoms. The first-order chi connectivity index (χ1) is 18.8. The molecule has 2 atom stereocenters. The van der Waals surface area contributed by atoms with Crippen molar-refractivity contribution in [3.63, 3.8) is 0 Å². The van der Waals surface area contributed by atoms with E-state index in [-0.39, 0.29) is 23.7 Å². The highest BCUT2D eigenvalue weighted by Gasteiger charge is 2.24. The molecule has 0 saturated heterocycles. The van der Waals surface area contributed by atoms with Crippen LogP contribution in [0.25, 0.3) is 0 Å². The Morgan fingerprint density at radius 1 is 1.03 bits per heavy atom. The minimum atomic E-state index is -1.05. The minimum absolute atomic E-state index is 0.0205. The molecular formula is C30H37ClF2N4O2. The fourth-order valence-corrected chi connectivity index (χ4v) is 4.49. The van der Waals surface area contributed by atoms with E-state index in [1.807, 2.05) is 12.1 Å². The molecule has 0 saturated carbocycles. The van der Waals surface area contributed by atoms with Gasteiger partial charge in [0.25, 0.3) is 5.91 Å². The van der Waals surface area contributed by atoms with Gasteiger partial charge in [0.15, 0.2) is 0 Å². The van der Waals surface area contributed by atoms with Crippen LogP contribution in [-0.4, -0.2) is 41.2 Å². The lowest BCUT2D eigenvalue weighted by Crippen LogP contribution is -2.48. The number of nitrogens with zero attached hydrogens (tertiary/aromatic N) is 1. The van der Waals surface area contributed by atoms with Crippen LogP contribution in [-0.2, 0) is 19.4 Å². The molecule has 6 nitrogen and oxygen atoms in total. The van der Waals surface area contributed by atoms with Crippen LogP contribution in [0.2, 0.25) is 5.15 Å². The molecule has 210 valence electrons. The lowest BCUT2D eigenvalue weighted by Gasteiger charge is -2.25. The van der Waals surface area contributed by atoms with Crippen molar-refractivity contribution in [2.24, 2.45) is 0 Å². The SMILES string of the molecule is CCCCCNc1cnc(Cl)cc1C(=O)N[C@@H](Cc1cc(F)cc(F)c1)[C@H](O)CNCc1cccc(CC)c1.